The Bertz CT molecular complexity index is 1520. The highest BCUT2D eigenvalue weighted by atomic mass is 19.3. The molecule has 4 aromatic rings. The van der Waals surface area contributed by atoms with Gasteiger partial charge in [-0.1, -0.05) is 32.9 Å². The van der Waals surface area contributed by atoms with Crippen molar-refractivity contribution in [2.75, 3.05) is 24.6 Å². The molecular formula is C30H40F2N8O2. The van der Waals surface area contributed by atoms with E-state index in [1.165, 1.54) is 0 Å². The third-order valence-corrected chi connectivity index (χ3v) is 8.78. The quantitative estimate of drug-likeness (QED) is 0.265. The van der Waals surface area contributed by atoms with Crippen molar-refractivity contribution in [1.82, 2.24) is 34.0 Å². The van der Waals surface area contributed by atoms with Crippen molar-refractivity contribution >= 4 is 22.8 Å². The number of hydrogen-bond acceptors (Lipinski definition) is 8. The molecule has 2 fully saturated rings. The van der Waals surface area contributed by atoms with Gasteiger partial charge >= 0.3 is 6.61 Å². The van der Waals surface area contributed by atoms with Crippen LogP contribution in [0.15, 0.2) is 30.6 Å². The van der Waals surface area contributed by atoms with E-state index in [0.29, 0.717) is 11.7 Å². The Morgan fingerprint density at radius 2 is 1.90 bits per heavy atom. The van der Waals surface area contributed by atoms with Crippen LogP contribution in [-0.2, 0) is 11.3 Å². The smallest absolute Gasteiger partial charge is 0.387 e. The fourth-order valence-electron chi connectivity index (χ4n) is 6.83. The third kappa shape index (κ3) is 5.30. The second-order valence-electron chi connectivity index (χ2n) is 11.9. The van der Waals surface area contributed by atoms with Crippen molar-refractivity contribution in [2.45, 2.75) is 91.3 Å². The number of benzene rings is 1. The summed E-state index contributed by atoms with van der Waals surface area (Å²) in [5.74, 6) is 2.80. The molecule has 226 valence electrons. The van der Waals surface area contributed by atoms with Crippen LogP contribution in [-0.4, -0.2) is 78.5 Å². The van der Waals surface area contributed by atoms with Crippen molar-refractivity contribution in [1.29, 1.82) is 0 Å². The lowest BCUT2D eigenvalue weighted by atomic mass is 9.90. The normalized spacial score (nSPS) is 22.7. The van der Waals surface area contributed by atoms with E-state index in [1.54, 1.807) is 18.5 Å². The molecule has 0 amide bonds. The third-order valence-electron chi connectivity index (χ3n) is 8.78. The monoisotopic (exact) mass is 582 g/mol. The first-order valence-corrected chi connectivity index (χ1v) is 15.0. The lowest BCUT2D eigenvalue weighted by Gasteiger charge is -2.50. The Kier molecular flexibility index (Phi) is 8.01. The molecule has 0 saturated carbocycles. The van der Waals surface area contributed by atoms with E-state index in [-0.39, 0.29) is 30.0 Å². The van der Waals surface area contributed by atoms with E-state index in [1.807, 2.05) is 23.5 Å². The van der Waals surface area contributed by atoms with Gasteiger partial charge in [-0.15, -0.1) is 10.2 Å². The Hall–Kier alpha value is -3.38. The van der Waals surface area contributed by atoms with Crippen LogP contribution in [0.4, 0.5) is 14.6 Å². The maximum absolute atomic E-state index is 12.7. The van der Waals surface area contributed by atoms with Gasteiger partial charge in [0.15, 0.2) is 11.5 Å². The van der Waals surface area contributed by atoms with Gasteiger partial charge in [0.25, 0.3) is 5.78 Å². The molecule has 2 aliphatic heterocycles. The van der Waals surface area contributed by atoms with E-state index in [4.69, 9.17) is 14.7 Å². The van der Waals surface area contributed by atoms with Gasteiger partial charge in [-0.05, 0) is 56.7 Å². The van der Waals surface area contributed by atoms with Crippen molar-refractivity contribution in [3.63, 3.8) is 0 Å². The Morgan fingerprint density at radius 3 is 2.57 bits per heavy atom. The summed E-state index contributed by atoms with van der Waals surface area (Å²) < 4.78 is 40.2. The highest BCUT2D eigenvalue weighted by Gasteiger charge is 2.38. The minimum atomic E-state index is -2.83. The number of fused-ring (bicyclic) bond motifs is 3. The predicted molar refractivity (Wildman–Crippen MR) is 156 cm³/mol. The molecule has 1 aromatic carbocycles. The number of piperazine rings is 1. The minimum absolute atomic E-state index is 0.125. The molecule has 2 aliphatic rings. The van der Waals surface area contributed by atoms with Crippen LogP contribution in [0.5, 0.6) is 5.75 Å². The van der Waals surface area contributed by atoms with Crippen LogP contribution < -0.4 is 9.64 Å². The number of alkyl halides is 2. The number of halogens is 2. The first kappa shape index (κ1) is 28.7. The number of ether oxygens (including phenoxy) is 2. The number of aromatic nitrogens is 6. The first-order chi connectivity index (χ1) is 20.2. The van der Waals surface area contributed by atoms with Gasteiger partial charge in [0.2, 0.25) is 0 Å². The molecular weight excluding hydrogens is 542 g/mol. The summed E-state index contributed by atoms with van der Waals surface area (Å²) >= 11 is 0. The molecule has 4 atom stereocenters. The van der Waals surface area contributed by atoms with Crippen molar-refractivity contribution < 1.29 is 18.3 Å². The van der Waals surface area contributed by atoms with Crippen molar-refractivity contribution in [2.24, 2.45) is 5.92 Å². The predicted octanol–water partition coefficient (Wildman–Crippen LogP) is 5.25. The zero-order valence-corrected chi connectivity index (χ0v) is 25.0. The maximum Gasteiger partial charge on any atom is 0.387 e. The average Bonchev–Trinajstić information content (AvgIpc) is 3.70. The van der Waals surface area contributed by atoms with Crippen molar-refractivity contribution in [3.8, 4) is 5.75 Å². The second-order valence-corrected chi connectivity index (χ2v) is 11.9. The summed E-state index contributed by atoms with van der Waals surface area (Å²) in [5, 5.41) is 8.52. The van der Waals surface area contributed by atoms with Crippen LogP contribution in [0.25, 0.3) is 16.9 Å². The van der Waals surface area contributed by atoms with Gasteiger partial charge in [0.05, 0.1) is 12.6 Å². The van der Waals surface area contributed by atoms with Gasteiger partial charge in [0, 0.05) is 37.8 Å². The highest BCUT2D eigenvalue weighted by molar-refractivity contribution is 5.87. The van der Waals surface area contributed by atoms with Crippen LogP contribution in [0, 0.1) is 12.8 Å². The van der Waals surface area contributed by atoms with E-state index < -0.39 is 6.61 Å². The topological polar surface area (TPSA) is 85.8 Å². The Morgan fingerprint density at radius 1 is 1.12 bits per heavy atom. The summed E-state index contributed by atoms with van der Waals surface area (Å²) in [5.41, 5.74) is 2.89. The number of hydrogen-bond donors (Lipinski definition) is 0. The van der Waals surface area contributed by atoms with Crippen LogP contribution in [0.3, 0.4) is 0 Å². The van der Waals surface area contributed by atoms with Gasteiger partial charge < -0.3 is 18.9 Å². The Balaban J connectivity index is 1.34. The molecule has 0 spiro atoms. The molecule has 0 N–H and O–H groups in total. The molecule has 12 heteroatoms. The number of rotatable bonds is 9. The Labute approximate surface area is 244 Å². The molecule has 2 saturated heterocycles. The lowest BCUT2D eigenvalue weighted by molar-refractivity contribution is -0.0498. The highest BCUT2D eigenvalue weighted by Crippen LogP contribution is 2.37. The number of imidazole rings is 1. The number of aryl methyl sites for hydroxylation is 1. The van der Waals surface area contributed by atoms with Crippen LogP contribution in [0.1, 0.15) is 64.4 Å². The largest absolute Gasteiger partial charge is 0.435 e. The molecule has 5 heterocycles. The zero-order valence-electron chi connectivity index (χ0n) is 25.0. The number of nitrogens with zero attached hydrogens (tertiary/aromatic N) is 8. The first-order valence-electron chi connectivity index (χ1n) is 15.0. The number of anilines is 1. The summed E-state index contributed by atoms with van der Waals surface area (Å²) in [6.45, 7) is 11.2. The van der Waals surface area contributed by atoms with Crippen molar-refractivity contribution in [3.05, 3.63) is 42.0 Å². The molecule has 0 bridgehead atoms. The molecule has 0 radical (unpaired) electrons. The minimum Gasteiger partial charge on any atom is -0.435 e. The summed E-state index contributed by atoms with van der Waals surface area (Å²) in [6, 6.07) is 7.62. The summed E-state index contributed by atoms with van der Waals surface area (Å²) in [6.07, 6.45) is 4.94. The SMILES string of the molecule is CC[C@@H]1CN(c2nc3nncn3c3c2nc(C)n3C[C@@H]2CCCO2)[C@@H](C)CN1[C@@H](c1ccc(OC(F)F)cc1)C(C)C. The molecule has 6 rings (SSSR count). The molecule has 0 aliphatic carbocycles. The summed E-state index contributed by atoms with van der Waals surface area (Å²) in [4.78, 5) is 15.0. The molecule has 0 unspecified atom stereocenters. The van der Waals surface area contributed by atoms with E-state index in [0.717, 1.165) is 73.9 Å². The van der Waals surface area contributed by atoms with E-state index in [2.05, 4.69) is 57.0 Å². The fraction of sp³-hybridized carbons (Fsp3) is 0.600. The zero-order chi connectivity index (χ0) is 29.5. The van der Waals surface area contributed by atoms with Gasteiger partial charge in [-0.2, -0.15) is 13.8 Å². The molecule has 10 nitrogen and oxygen atoms in total. The second kappa shape index (κ2) is 11.7. The lowest BCUT2D eigenvalue weighted by Crippen LogP contribution is -2.59. The molecule has 3 aromatic heterocycles. The van der Waals surface area contributed by atoms with E-state index in [9.17, 15) is 8.78 Å². The average molecular weight is 583 g/mol. The van der Waals surface area contributed by atoms with E-state index >= 15 is 0 Å². The van der Waals surface area contributed by atoms with Crippen LogP contribution >= 0.6 is 0 Å². The van der Waals surface area contributed by atoms with Gasteiger partial charge in [-0.3, -0.25) is 4.90 Å². The van der Waals surface area contributed by atoms with Gasteiger partial charge in [-0.25, -0.2) is 9.38 Å². The van der Waals surface area contributed by atoms with Crippen LogP contribution in [0.2, 0.25) is 0 Å². The fourth-order valence-corrected chi connectivity index (χ4v) is 6.83. The standard InChI is InChI=1S/C30H40F2N8O2/c1-6-22-15-37(19(4)14-39(22)26(18(2)3)21-9-11-23(12-10-21)42-29(31)32)27-25-28(40-17-33-36-30(40)35-27)38(20(5)34-25)16-24-8-7-13-41-24/h9-12,17-19,22,24,26,29H,6-8,13-16H2,1-5H3/t19-,22+,24-,26+/m0/s1. The maximum atomic E-state index is 12.7. The van der Waals surface area contributed by atoms with Gasteiger partial charge in [0.1, 0.15) is 23.4 Å². The molecule has 42 heavy (non-hydrogen) atoms. The summed E-state index contributed by atoms with van der Waals surface area (Å²) in [7, 11) is 0.